The minimum absolute atomic E-state index is 0.0247. The predicted molar refractivity (Wildman–Crippen MR) is 96.7 cm³/mol. The molecule has 0 aliphatic carbocycles. The Balaban J connectivity index is 2.65. The first-order valence-electron chi connectivity index (χ1n) is 8.58. The minimum atomic E-state index is -4.33. The number of benzene rings is 1. The summed E-state index contributed by atoms with van der Waals surface area (Å²) in [5, 5.41) is 5.92. The molecule has 8 heteroatoms. The van der Waals surface area contributed by atoms with E-state index in [0.717, 1.165) is 17.7 Å². The normalized spacial score (nSPS) is 12.2. The summed E-state index contributed by atoms with van der Waals surface area (Å²) >= 11 is 0. The molecule has 2 N–H and O–H groups in total. The van der Waals surface area contributed by atoms with Gasteiger partial charge in [0.2, 0.25) is 5.91 Å². The predicted octanol–water partition coefficient (Wildman–Crippen LogP) is 2.87. The van der Waals surface area contributed by atoms with Crippen LogP contribution in [0, 0.1) is 5.92 Å². The van der Waals surface area contributed by atoms with Crippen LogP contribution in [0.3, 0.4) is 0 Å². The lowest BCUT2D eigenvalue weighted by molar-refractivity contribution is -0.137. The summed E-state index contributed by atoms with van der Waals surface area (Å²) in [6.45, 7) is 7.50. The third kappa shape index (κ3) is 7.33. The van der Waals surface area contributed by atoms with E-state index >= 15 is 0 Å². The monoisotopic (exact) mass is 372 g/mol. The zero-order valence-corrected chi connectivity index (χ0v) is 15.7. The van der Waals surface area contributed by atoms with Gasteiger partial charge in [-0.25, -0.2) is 0 Å². The maximum atomic E-state index is 12.6. The zero-order chi connectivity index (χ0) is 19.7. The number of nitrogens with one attached hydrogen (secondary N) is 2. The first-order chi connectivity index (χ1) is 12.1. The van der Waals surface area contributed by atoms with Gasteiger partial charge in [-0.15, -0.1) is 0 Å². The maximum Gasteiger partial charge on any atom is 0.416 e. The average molecular weight is 372 g/mol. The summed E-state index contributed by atoms with van der Waals surface area (Å²) in [6, 6.07) is 5.08. The molecule has 1 aromatic carbocycles. The topological polar surface area (TPSA) is 56.7 Å². The van der Waals surface area contributed by atoms with Crippen molar-refractivity contribution in [2.24, 2.45) is 10.9 Å². The van der Waals surface area contributed by atoms with Gasteiger partial charge in [-0.05, 0) is 24.6 Å². The summed E-state index contributed by atoms with van der Waals surface area (Å²) in [6.07, 6.45) is -4.33. The molecule has 0 spiro atoms. The lowest BCUT2D eigenvalue weighted by atomic mass is 10.1. The molecule has 0 saturated carbocycles. The van der Waals surface area contributed by atoms with Crippen LogP contribution in [0.4, 0.5) is 13.2 Å². The van der Waals surface area contributed by atoms with Crippen molar-refractivity contribution in [3.8, 4) is 0 Å². The lowest BCUT2D eigenvalue weighted by Crippen LogP contribution is -2.39. The number of rotatable bonds is 7. The minimum Gasteiger partial charge on any atom is -0.357 e. The van der Waals surface area contributed by atoms with E-state index in [0.29, 0.717) is 32.1 Å². The van der Waals surface area contributed by atoms with Gasteiger partial charge in [0.1, 0.15) is 0 Å². The van der Waals surface area contributed by atoms with Crippen LogP contribution in [0.25, 0.3) is 0 Å². The summed E-state index contributed by atoms with van der Waals surface area (Å²) in [7, 11) is 1.81. The molecular weight excluding hydrogens is 345 g/mol. The number of guanidine groups is 1. The molecule has 146 valence electrons. The van der Waals surface area contributed by atoms with Crippen molar-refractivity contribution in [1.82, 2.24) is 15.5 Å². The van der Waals surface area contributed by atoms with Crippen LogP contribution in [-0.2, 0) is 17.5 Å². The number of carbonyl (C=O) groups is 1. The first kappa shape index (κ1) is 21.8. The van der Waals surface area contributed by atoms with E-state index in [1.54, 1.807) is 0 Å². The molecule has 1 amide bonds. The Morgan fingerprint density at radius 3 is 2.31 bits per heavy atom. The number of hydrogen-bond acceptors (Lipinski definition) is 2. The molecule has 5 nitrogen and oxygen atoms in total. The van der Waals surface area contributed by atoms with Crippen LogP contribution >= 0.6 is 0 Å². The van der Waals surface area contributed by atoms with Crippen molar-refractivity contribution in [3.05, 3.63) is 35.4 Å². The van der Waals surface area contributed by atoms with Crippen LogP contribution in [0.15, 0.2) is 29.3 Å². The molecule has 0 fully saturated rings. The van der Waals surface area contributed by atoms with E-state index in [1.807, 2.05) is 32.7 Å². The van der Waals surface area contributed by atoms with Gasteiger partial charge in [0.25, 0.3) is 0 Å². The van der Waals surface area contributed by atoms with E-state index in [1.165, 1.54) is 12.1 Å². The van der Waals surface area contributed by atoms with Gasteiger partial charge >= 0.3 is 6.18 Å². The summed E-state index contributed by atoms with van der Waals surface area (Å²) in [5.41, 5.74) is 0.0876. The van der Waals surface area contributed by atoms with Gasteiger partial charge in [0.15, 0.2) is 5.96 Å². The fraction of sp³-hybridized carbons (Fsp3) is 0.556. The van der Waals surface area contributed by atoms with E-state index in [4.69, 9.17) is 0 Å². The molecule has 0 heterocycles. The number of alkyl halides is 3. The lowest BCUT2D eigenvalue weighted by Gasteiger charge is -2.22. The van der Waals surface area contributed by atoms with Gasteiger partial charge in [0.05, 0.1) is 12.1 Å². The molecule has 0 bridgehead atoms. The molecule has 0 unspecified atom stereocenters. The molecule has 0 aliphatic heterocycles. The third-order valence-electron chi connectivity index (χ3n) is 3.59. The number of aliphatic imine (C=N–C) groups is 1. The molecule has 0 atom stereocenters. The molecule has 0 aromatic heterocycles. The van der Waals surface area contributed by atoms with Crippen molar-refractivity contribution < 1.29 is 18.0 Å². The van der Waals surface area contributed by atoms with E-state index in [9.17, 15) is 18.0 Å². The SMILES string of the molecule is CCNC(=NCCNC(=O)C(C)C)N(C)Cc1ccc(C(F)(F)F)cc1. The quantitative estimate of drug-likeness (QED) is 0.440. The number of amides is 1. The number of hydrogen-bond donors (Lipinski definition) is 2. The van der Waals surface area contributed by atoms with Crippen molar-refractivity contribution in [1.29, 1.82) is 0 Å². The Morgan fingerprint density at radius 2 is 1.81 bits per heavy atom. The smallest absolute Gasteiger partial charge is 0.357 e. The highest BCUT2D eigenvalue weighted by molar-refractivity contribution is 5.80. The van der Waals surface area contributed by atoms with Gasteiger partial charge in [-0.3, -0.25) is 9.79 Å². The number of halogens is 3. The third-order valence-corrected chi connectivity index (χ3v) is 3.59. The highest BCUT2D eigenvalue weighted by Crippen LogP contribution is 2.29. The average Bonchev–Trinajstić information content (AvgIpc) is 2.56. The van der Waals surface area contributed by atoms with Crippen LogP contribution in [0.2, 0.25) is 0 Å². The molecule has 1 rings (SSSR count). The highest BCUT2D eigenvalue weighted by Gasteiger charge is 2.29. The van der Waals surface area contributed by atoms with E-state index in [2.05, 4.69) is 15.6 Å². The zero-order valence-electron chi connectivity index (χ0n) is 15.7. The Morgan fingerprint density at radius 1 is 1.19 bits per heavy atom. The van der Waals surface area contributed by atoms with Gasteiger partial charge < -0.3 is 15.5 Å². The summed E-state index contributed by atoms with van der Waals surface area (Å²) < 4.78 is 37.9. The summed E-state index contributed by atoms with van der Waals surface area (Å²) in [4.78, 5) is 17.8. The Bertz CT molecular complexity index is 597. The Hall–Kier alpha value is -2.25. The second-order valence-electron chi connectivity index (χ2n) is 6.23. The largest absolute Gasteiger partial charge is 0.416 e. The molecule has 1 aromatic rings. The second-order valence-corrected chi connectivity index (χ2v) is 6.23. The van der Waals surface area contributed by atoms with Crippen molar-refractivity contribution in [2.45, 2.75) is 33.5 Å². The first-order valence-corrected chi connectivity index (χ1v) is 8.58. The second kappa shape index (κ2) is 10.0. The molecule has 0 saturated heterocycles. The molecular formula is C18H27F3N4O. The van der Waals surface area contributed by atoms with Crippen molar-refractivity contribution >= 4 is 11.9 Å². The summed E-state index contributed by atoms with van der Waals surface area (Å²) in [5.74, 6) is 0.532. The van der Waals surface area contributed by atoms with Crippen LogP contribution in [0.1, 0.15) is 31.9 Å². The fourth-order valence-electron chi connectivity index (χ4n) is 2.16. The van der Waals surface area contributed by atoms with Gasteiger partial charge in [-0.2, -0.15) is 13.2 Å². The fourth-order valence-corrected chi connectivity index (χ4v) is 2.16. The molecule has 0 aliphatic rings. The molecule has 26 heavy (non-hydrogen) atoms. The van der Waals surface area contributed by atoms with Crippen LogP contribution in [-0.4, -0.2) is 43.4 Å². The van der Waals surface area contributed by atoms with Gasteiger partial charge in [0, 0.05) is 32.6 Å². The number of nitrogens with zero attached hydrogens (tertiary/aromatic N) is 2. The van der Waals surface area contributed by atoms with E-state index in [-0.39, 0.29) is 11.8 Å². The van der Waals surface area contributed by atoms with Gasteiger partial charge in [-0.1, -0.05) is 26.0 Å². The molecule has 0 radical (unpaired) electrons. The van der Waals surface area contributed by atoms with E-state index < -0.39 is 11.7 Å². The van der Waals surface area contributed by atoms with Crippen LogP contribution < -0.4 is 10.6 Å². The standard InChI is InChI=1S/C18H27F3N4O/c1-5-22-17(24-11-10-23-16(26)13(2)3)25(4)12-14-6-8-15(9-7-14)18(19,20)21/h6-9,13H,5,10-12H2,1-4H3,(H,22,24)(H,23,26). The van der Waals surface area contributed by atoms with Crippen LogP contribution in [0.5, 0.6) is 0 Å². The van der Waals surface area contributed by atoms with Crippen molar-refractivity contribution in [2.75, 3.05) is 26.7 Å². The number of carbonyl (C=O) groups excluding carboxylic acids is 1. The maximum absolute atomic E-state index is 12.6. The Kier molecular flexibility index (Phi) is 8.41. The van der Waals surface area contributed by atoms with Crippen molar-refractivity contribution in [3.63, 3.8) is 0 Å². The highest BCUT2D eigenvalue weighted by atomic mass is 19.4. The Labute approximate surface area is 152 Å².